The van der Waals surface area contributed by atoms with Gasteiger partial charge in [-0.2, -0.15) is 10.4 Å². The lowest BCUT2D eigenvalue weighted by atomic mass is 10.3. The maximum Gasteiger partial charge on any atom is 0.158 e. The Kier molecular flexibility index (Phi) is 3.32. The Balaban J connectivity index is 2.65. The van der Waals surface area contributed by atoms with E-state index in [0.29, 0.717) is 16.5 Å². The topological polar surface area (TPSA) is 76.9 Å². The van der Waals surface area contributed by atoms with Crippen LogP contribution in [0.4, 0.5) is 5.82 Å². The van der Waals surface area contributed by atoms with Crippen LogP contribution in [0.3, 0.4) is 0 Å². The standard InChI is InChI=1S/C11H8Cl2N4O/c1-18-10-7(12)2-3-8(9(10)13)17-11(15)6(4-14)5-16-17/h2-3,5H,15H2,1H3. The Morgan fingerprint density at radius 1 is 1.44 bits per heavy atom. The van der Waals surface area contributed by atoms with Gasteiger partial charge in [0.1, 0.15) is 22.5 Å². The molecule has 0 aliphatic heterocycles. The molecule has 0 aliphatic carbocycles. The number of nitrogen functional groups attached to an aromatic ring is 1. The van der Waals surface area contributed by atoms with Crippen LogP contribution in [-0.4, -0.2) is 16.9 Å². The summed E-state index contributed by atoms with van der Waals surface area (Å²) in [6, 6.07) is 5.21. The van der Waals surface area contributed by atoms with Crippen molar-refractivity contribution < 1.29 is 4.74 Å². The van der Waals surface area contributed by atoms with Crippen molar-refractivity contribution in [2.45, 2.75) is 0 Å². The molecule has 0 saturated carbocycles. The number of nitrogens with zero attached hydrogens (tertiary/aromatic N) is 3. The van der Waals surface area contributed by atoms with Crippen LogP contribution < -0.4 is 10.5 Å². The minimum atomic E-state index is 0.212. The van der Waals surface area contributed by atoms with Gasteiger partial charge in [0, 0.05) is 0 Å². The SMILES string of the molecule is COc1c(Cl)ccc(-n2ncc(C#N)c2N)c1Cl. The van der Waals surface area contributed by atoms with E-state index < -0.39 is 0 Å². The Labute approximate surface area is 113 Å². The summed E-state index contributed by atoms with van der Waals surface area (Å²) in [7, 11) is 1.46. The highest BCUT2D eigenvalue weighted by molar-refractivity contribution is 6.38. The smallest absolute Gasteiger partial charge is 0.158 e. The Bertz CT molecular complexity index is 645. The van der Waals surface area contributed by atoms with E-state index in [9.17, 15) is 0 Å². The van der Waals surface area contributed by atoms with Gasteiger partial charge in [-0.15, -0.1) is 0 Å². The third-order valence-electron chi connectivity index (χ3n) is 2.39. The maximum atomic E-state index is 8.83. The molecule has 5 nitrogen and oxygen atoms in total. The highest BCUT2D eigenvalue weighted by atomic mass is 35.5. The van der Waals surface area contributed by atoms with Gasteiger partial charge in [0.15, 0.2) is 5.75 Å². The molecule has 0 atom stereocenters. The second-order valence-corrected chi connectivity index (χ2v) is 4.17. The first-order chi connectivity index (χ1) is 8.60. The molecule has 0 amide bonds. The van der Waals surface area contributed by atoms with Gasteiger partial charge in [0.2, 0.25) is 0 Å². The predicted molar refractivity (Wildman–Crippen MR) is 69.3 cm³/mol. The highest BCUT2D eigenvalue weighted by Gasteiger charge is 2.16. The van der Waals surface area contributed by atoms with Crippen LogP contribution in [0.1, 0.15) is 5.56 Å². The fourth-order valence-corrected chi connectivity index (χ4v) is 2.11. The van der Waals surface area contributed by atoms with E-state index in [4.69, 9.17) is 38.9 Å². The summed E-state index contributed by atoms with van der Waals surface area (Å²) in [5, 5.41) is 13.5. The summed E-state index contributed by atoms with van der Waals surface area (Å²) < 4.78 is 6.46. The summed E-state index contributed by atoms with van der Waals surface area (Å²) >= 11 is 12.1. The van der Waals surface area contributed by atoms with Crippen molar-refractivity contribution in [2.75, 3.05) is 12.8 Å². The summed E-state index contributed by atoms with van der Waals surface area (Å²) in [5.41, 5.74) is 6.56. The van der Waals surface area contributed by atoms with Crippen LogP contribution in [0, 0.1) is 11.3 Å². The van der Waals surface area contributed by atoms with Gasteiger partial charge in [0.05, 0.1) is 24.0 Å². The molecular weight excluding hydrogens is 275 g/mol. The van der Waals surface area contributed by atoms with E-state index in [1.54, 1.807) is 12.1 Å². The van der Waals surface area contributed by atoms with Crippen LogP contribution in [0.25, 0.3) is 5.69 Å². The molecule has 2 N–H and O–H groups in total. The number of aromatic nitrogens is 2. The molecule has 1 aromatic heterocycles. The molecule has 2 aromatic rings. The van der Waals surface area contributed by atoms with E-state index in [2.05, 4.69) is 5.10 Å². The number of methoxy groups -OCH3 is 1. The van der Waals surface area contributed by atoms with E-state index >= 15 is 0 Å². The van der Waals surface area contributed by atoms with Crippen molar-refractivity contribution in [2.24, 2.45) is 0 Å². The van der Waals surface area contributed by atoms with E-state index in [1.165, 1.54) is 18.0 Å². The van der Waals surface area contributed by atoms with Gasteiger partial charge < -0.3 is 10.5 Å². The minimum absolute atomic E-state index is 0.212. The first-order valence-corrected chi connectivity index (χ1v) is 5.61. The van der Waals surface area contributed by atoms with Gasteiger partial charge in [0.25, 0.3) is 0 Å². The van der Waals surface area contributed by atoms with Crippen molar-refractivity contribution in [1.29, 1.82) is 5.26 Å². The van der Waals surface area contributed by atoms with E-state index in [0.717, 1.165) is 0 Å². The molecule has 0 unspecified atom stereocenters. The van der Waals surface area contributed by atoms with Crippen molar-refractivity contribution >= 4 is 29.0 Å². The molecule has 0 fully saturated rings. The molecule has 2 rings (SSSR count). The molecule has 0 radical (unpaired) electrons. The van der Waals surface area contributed by atoms with Crippen molar-refractivity contribution in [1.82, 2.24) is 9.78 Å². The van der Waals surface area contributed by atoms with E-state index in [1.807, 2.05) is 6.07 Å². The molecule has 7 heteroatoms. The molecular formula is C11H8Cl2N4O. The number of hydrogen-bond acceptors (Lipinski definition) is 4. The molecule has 18 heavy (non-hydrogen) atoms. The second kappa shape index (κ2) is 4.77. The van der Waals surface area contributed by atoms with Crippen molar-refractivity contribution in [3.8, 4) is 17.5 Å². The van der Waals surface area contributed by atoms with Crippen LogP contribution in [0.2, 0.25) is 10.0 Å². The Morgan fingerprint density at radius 2 is 2.17 bits per heavy atom. The lowest BCUT2D eigenvalue weighted by Crippen LogP contribution is -2.04. The normalized spacial score (nSPS) is 10.1. The van der Waals surface area contributed by atoms with Gasteiger partial charge >= 0.3 is 0 Å². The molecule has 92 valence electrons. The Hall–Kier alpha value is -1.90. The van der Waals surface area contributed by atoms with Crippen LogP contribution in [0.15, 0.2) is 18.3 Å². The fraction of sp³-hybridized carbons (Fsp3) is 0.0909. The number of rotatable bonds is 2. The number of anilines is 1. The Morgan fingerprint density at radius 3 is 2.72 bits per heavy atom. The minimum Gasteiger partial charge on any atom is -0.494 e. The number of nitriles is 1. The summed E-state index contributed by atoms with van der Waals surface area (Å²) in [4.78, 5) is 0. The summed E-state index contributed by atoms with van der Waals surface area (Å²) in [6.45, 7) is 0. The summed E-state index contributed by atoms with van der Waals surface area (Å²) in [6.07, 6.45) is 1.37. The number of ether oxygens (including phenoxy) is 1. The zero-order valence-electron chi connectivity index (χ0n) is 9.32. The van der Waals surface area contributed by atoms with Crippen LogP contribution in [0.5, 0.6) is 5.75 Å². The zero-order chi connectivity index (χ0) is 13.3. The summed E-state index contributed by atoms with van der Waals surface area (Å²) in [5.74, 6) is 0.549. The monoisotopic (exact) mass is 282 g/mol. The molecule has 0 saturated heterocycles. The number of nitrogens with two attached hydrogens (primary N) is 1. The molecule has 0 aliphatic rings. The van der Waals surface area contributed by atoms with Gasteiger partial charge in [-0.05, 0) is 12.1 Å². The van der Waals surface area contributed by atoms with Crippen molar-refractivity contribution in [3.63, 3.8) is 0 Å². The predicted octanol–water partition coefficient (Wildman–Crippen LogP) is 2.64. The quantitative estimate of drug-likeness (QED) is 0.919. The lowest BCUT2D eigenvalue weighted by molar-refractivity contribution is 0.415. The average molecular weight is 283 g/mol. The first kappa shape index (κ1) is 12.6. The number of hydrogen-bond donors (Lipinski definition) is 1. The van der Waals surface area contributed by atoms with Crippen LogP contribution in [-0.2, 0) is 0 Å². The number of halogens is 2. The average Bonchev–Trinajstić information content (AvgIpc) is 2.71. The van der Waals surface area contributed by atoms with Gasteiger partial charge in [-0.3, -0.25) is 0 Å². The highest BCUT2D eigenvalue weighted by Crippen LogP contribution is 2.37. The fourth-order valence-electron chi connectivity index (χ4n) is 1.51. The lowest BCUT2D eigenvalue weighted by Gasteiger charge is -2.11. The van der Waals surface area contributed by atoms with E-state index in [-0.39, 0.29) is 16.4 Å². The third-order valence-corrected chi connectivity index (χ3v) is 3.05. The number of benzene rings is 1. The largest absolute Gasteiger partial charge is 0.494 e. The van der Waals surface area contributed by atoms with Crippen molar-refractivity contribution in [3.05, 3.63) is 33.9 Å². The molecule has 0 bridgehead atoms. The van der Waals surface area contributed by atoms with Crippen LogP contribution >= 0.6 is 23.2 Å². The molecule has 1 aromatic carbocycles. The molecule has 0 spiro atoms. The maximum absolute atomic E-state index is 8.83. The molecule has 1 heterocycles. The first-order valence-electron chi connectivity index (χ1n) is 4.86. The van der Waals surface area contributed by atoms with Gasteiger partial charge in [-0.25, -0.2) is 4.68 Å². The second-order valence-electron chi connectivity index (χ2n) is 3.38. The third kappa shape index (κ3) is 1.86. The zero-order valence-corrected chi connectivity index (χ0v) is 10.8. The van der Waals surface area contributed by atoms with Gasteiger partial charge in [-0.1, -0.05) is 23.2 Å².